The van der Waals surface area contributed by atoms with Gasteiger partial charge in [0.1, 0.15) is 0 Å². The average Bonchev–Trinajstić information content (AvgIpc) is 3.25. The van der Waals surface area contributed by atoms with Crippen molar-refractivity contribution in [2.75, 3.05) is 26.8 Å². The van der Waals surface area contributed by atoms with Gasteiger partial charge in [0.25, 0.3) is 0 Å². The molecule has 0 aliphatic heterocycles. The van der Waals surface area contributed by atoms with Crippen molar-refractivity contribution in [1.29, 1.82) is 0 Å². The van der Waals surface area contributed by atoms with E-state index in [-0.39, 0.29) is 0 Å². The van der Waals surface area contributed by atoms with E-state index in [1.807, 2.05) is 18.2 Å². The van der Waals surface area contributed by atoms with Gasteiger partial charge in [0, 0.05) is 45.1 Å². The molecule has 1 saturated carbocycles. The van der Waals surface area contributed by atoms with E-state index in [2.05, 4.69) is 15.3 Å². The Kier molecular flexibility index (Phi) is 5.35. The molecule has 1 heterocycles. The summed E-state index contributed by atoms with van der Waals surface area (Å²) in [6.07, 6.45) is 6.21. The molecule has 110 valence electrons. The van der Waals surface area contributed by atoms with Crippen LogP contribution >= 0.6 is 0 Å². The largest absolute Gasteiger partial charge is 0.385 e. The van der Waals surface area contributed by atoms with Gasteiger partial charge >= 0.3 is 0 Å². The predicted molar refractivity (Wildman–Crippen MR) is 80.6 cm³/mol. The fourth-order valence-corrected chi connectivity index (χ4v) is 2.16. The molecule has 3 N–H and O–H groups in total. The lowest BCUT2D eigenvalue weighted by molar-refractivity contribution is 0.174. The van der Waals surface area contributed by atoms with Crippen molar-refractivity contribution >= 4 is 5.96 Å². The van der Waals surface area contributed by atoms with Crippen LogP contribution in [0, 0.1) is 5.41 Å². The molecule has 1 aliphatic rings. The molecule has 0 bridgehead atoms. The number of nitrogens with zero attached hydrogens (tertiary/aromatic N) is 2. The number of ether oxygens (including phenoxy) is 1. The van der Waals surface area contributed by atoms with Gasteiger partial charge in [-0.15, -0.1) is 0 Å². The molecule has 0 aromatic carbocycles. The third-order valence-corrected chi connectivity index (χ3v) is 3.79. The molecule has 0 atom stereocenters. The van der Waals surface area contributed by atoms with Crippen molar-refractivity contribution in [2.24, 2.45) is 16.1 Å². The molecule has 20 heavy (non-hydrogen) atoms. The summed E-state index contributed by atoms with van der Waals surface area (Å²) in [5.41, 5.74) is 7.30. The van der Waals surface area contributed by atoms with Crippen LogP contribution in [0.15, 0.2) is 29.4 Å². The highest BCUT2D eigenvalue weighted by Crippen LogP contribution is 2.48. The second kappa shape index (κ2) is 7.24. The molecular formula is C15H24N4O. The number of rotatable bonds is 8. The van der Waals surface area contributed by atoms with Gasteiger partial charge in [-0.1, -0.05) is 6.07 Å². The number of aliphatic imine (C=N–C) groups is 1. The summed E-state index contributed by atoms with van der Waals surface area (Å²) >= 11 is 0. The second-order valence-corrected chi connectivity index (χ2v) is 5.44. The first-order valence-electron chi connectivity index (χ1n) is 7.17. The zero-order valence-electron chi connectivity index (χ0n) is 12.1. The number of aromatic nitrogens is 1. The van der Waals surface area contributed by atoms with Gasteiger partial charge in [-0.25, -0.2) is 0 Å². The van der Waals surface area contributed by atoms with Crippen LogP contribution in [0.4, 0.5) is 0 Å². The maximum atomic E-state index is 5.89. The van der Waals surface area contributed by atoms with Gasteiger partial charge in [-0.05, 0) is 36.8 Å². The third-order valence-electron chi connectivity index (χ3n) is 3.79. The van der Waals surface area contributed by atoms with Gasteiger partial charge in [0.05, 0.1) is 0 Å². The minimum atomic E-state index is 0.350. The Morgan fingerprint density at radius 3 is 3.00 bits per heavy atom. The van der Waals surface area contributed by atoms with Crippen molar-refractivity contribution < 1.29 is 4.74 Å². The number of methoxy groups -OCH3 is 1. The Hall–Kier alpha value is -1.62. The molecule has 1 aromatic rings. The molecular weight excluding hydrogens is 252 g/mol. The zero-order chi connectivity index (χ0) is 14.3. The fourth-order valence-electron chi connectivity index (χ4n) is 2.16. The van der Waals surface area contributed by atoms with Gasteiger partial charge in [-0.3, -0.25) is 9.98 Å². The monoisotopic (exact) mass is 276 g/mol. The molecule has 0 unspecified atom stereocenters. The number of nitrogens with two attached hydrogens (primary N) is 1. The maximum absolute atomic E-state index is 5.89. The van der Waals surface area contributed by atoms with Gasteiger partial charge in [-0.2, -0.15) is 0 Å². The Morgan fingerprint density at radius 1 is 1.50 bits per heavy atom. The highest BCUT2D eigenvalue weighted by molar-refractivity contribution is 5.77. The topological polar surface area (TPSA) is 72.5 Å². The minimum absolute atomic E-state index is 0.350. The van der Waals surface area contributed by atoms with Crippen molar-refractivity contribution in [3.63, 3.8) is 0 Å². The van der Waals surface area contributed by atoms with Crippen LogP contribution in [0.25, 0.3) is 0 Å². The summed E-state index contributed by atoms with van der Waals surface area (Å²) in [4.78, 5) is 8.72. The Bertz CT molecular complexity index is 429. The highest BCUT2D eigenvalue weighted by Gasteiger charge is 2.41. The third kappa shape index (κ3) is 4.81. The molecule has 1 aliphatic carbocycles. The molecule has 5 nitrogen and oxygen atoms in total. The van der Waals surface area contributed by atoms with E-state index in [1.54, 1.807) is 13.3 Å². The van der Waals surface area contributed by atoms with Crippen LogP contribution in [-0.4, -0.2) is 37.7 Å². The normalized spacial score (nSPS) is 16.9. The van der Waals surface area contributed by atoms with E-state index in [0.29, 0.717) is 11.4 Å². The van der Waals surface area contributed by atoms with E-state index >= 15 is 0 Å². The van der Waals surface area contributed by atoms with Gasteiger partial charge < -0.3 is 15.8 Å². The minimum Gasteiger partial charge on any atom is -0.385 e. The quantitative estimate of drug-likeness (QED) is 0.555. The van der Waals surface area contributed by atoms with Crippen molar-refractivity contribution in [2.45, 2.75) is 25.7 Å². The van der Waals surface area contributed by atoms with Gasteiger partial charge in [0.15, 0.2) is 5.96 Å². The van der Waals surface area contributed by atoms with Crippen LogP contribution in [-0.2, 0) is 11.2 Å². The molecule has 0 saturated heterocycles. The Labute approximate surface area is 120 Å². The van der Waals surface area contributed by atoms with Crippen LogP contribution in [0.2, 0.25) is 0 Å². The number of hydrogen-bond acceptors (Lipinski definition) is 3. The first-order chi connectivity index (χ1) is 9.74. The van der Waals surface area contributed by atoms with E-state index in [9.17, 15) is 0 Å². The molecule has 0 radical (unpaired) electrons. The summed E-state index contributed by atoms with van der Waals surface area (Å²) in [5, 5.41) is 3.14. The van der Waals surface area contributed by atoms with Crippen LogP contribution < -0.4 is 11.1 Å². The predicted octanol–water partition coefficient (Wildman–Crippen LogP) is 1.35. The Balaban J connectivity index is 1.67. The highest BCUT2D eigenvalue weighted by atomic mass is 16.5. The van der Waals surface area contributed by atoms with Crippen molar-refractivity contribution in [3.8, 4) is 0 Å². The van der Waals surface area contributed by atoms with Crippen LogP contribution in [0.5, 0.6) is 0 Å². The molecule has 0 amide bonds. The van der Waals surface area contributed by atoms with Crippen LogP contribution in [0.3, 0.4) is 0 Å². The Morgan fingerprint density at radius 2 is 2.35 bits per heavy atom. The van der Waals surface area contributed by atoms with E-state index in [0.717, 1.165) is 38.2 Å². The molecule has 2 rings (SSSR count). The summed E-state index contributed by atoms with van der Waals surface area (Å²) in [7, 11) is 1.74. The summed E-state index contributed by atoms with van der Waals surface area (Å²) < 4.78 is 5.14. The summed E-state index contributed by atoms with van der Waals surface area (Å²) in [6, 6.07) is 5.92. The smallest absolute Gasteiger partial charge is 0.188 e. The van der Waals surface area contributed by atoms with Crippen molar-refractivity contribution in [3.05, 3.63) is 30.1 Å². The maximum Gasteiger partial charge on any atom is 0.188 e. The average molecular weight is 276 g/mol. The number of hydrogen-bond donors (Lipinski definition) is 2. The number of guanidine groups is 1. The summed E-state index contributed by atoms with van der Waals surface area (Å²) in [5.74, 6) is 0.532. The molecule has 0 spiro atoms. The SMILES string of the molecule is COCCC1(CN=C(N)NCCc2ccccn2)CC1. The number of nitrogens with one attached hydrogen (secondary N) is 1. The van der Waals surface area contributed by atoms with E-state index < -0.39 is 0 Å². The lowest BCUT2D eigenvalue weighted by atomic mass is 10.0. The van der Waals surface area contributed by atoms with E-state index in [1.165, 1.54) is 12.8 Å². The molecule has 1 aromatic heterocycles. The summed E-state index contributed by atoms with van der Waals surface area (Å²) in [6.45, 7) is 2.37. The van der Waals surface area contributed by atoms with Gasteiger partial charge in [0.2, 0.25) is 0 Å². The lowest BCUT2D eigenvalue weighted by Gasteiger charge is -2.12. The molecule has 5 heteroatoms. The first kappa shape index (κ1) is 14.8. The van der Waals surface area contributed by atoms with E-state index in [4.69, 9.17) is 10.5 Å². The number of pyridine rings is 1. The lowest BCUT2D eigenvalue weighted by Crippen LogP contribution is -2.34. The van der Waals surface area contributed by atoms with Crippen molar-refractivity contribution in [1.82, 2.24) is 10.3 Å². The second-order valence-electron chi connectivity index (χ2n) is 5.44. The van der Waals surface area contributed by atoms with Crippen LogP contribution in [0.1, 0.15) is 25.0 Å². The standard InChI is InChI=1S/C15H24N4O/c1-20-11-8-15(6-7-15)12-19-14(16)18-10-5-13-4-2-3-9-17-13/h2-4,9H,5-8,10-12H2,1H3,(H3,16,18,19). The first-order valence-corrected chi connectivity index (χ1v) is 7.17. The zero-order valence-corrected chi connectivity index (χ0v) is 12.1. The fraction of sp³-hybridized carbons (Fsp3) is 0.600. The molecule has 1 fully saturated rings.